The maximum absolute atomic E-state index is 12.2. The average molecular weight is 687 g/mol. The lowest BCUT2D eigenvalue weighted by atomic mass is 10.1. The molecule has 4 aromatic rings. The molecule has 4 rings (SSSR count). The van der Waals surface area contributed by atoms with Gasteiger partial charge in [0.25, 0.3) is 20.2 Å². The monoisotopic (exact) mass is 686 g/mol. The predicted octanol–water partition coefficient (Wildman–Crippen LogP) is 4.73. The van der Waals surface area contributed by atoms with Crippen molar-refractivity contribution in [3.05, 3.63) is 65.2 Å². The van der Waals surface area contributed by atoms with Crippen LogP contribution in [0.3, 0.4) is 0 Å². The highest BCUT2D eigenvalue weighted by atomic mass is 35.5. The first-order valence-corrected chi connectivity index (χ1v) is 16.2. The SMILES string of the molecule is O=C(O)c1cccc(N=Nc2c(S(=O)(=O)O)cc3cc(S(=O)(=O)O)c(N=Nc4ccc(Cl)cc4P(=O)(O)O)c(O)c3c2O)c1. The van der Waals surface area contributed by atoms with E-state index in [1.54, 1.807) is 0 Å². The maximum atomic E-state index is 12.2. The maximum Gasteiger partial charge on any atom is 0.358 e. The third kappa shape index (κ3) is 6.74. The molecule has 0 amide bonds. The third-order valence-corrected chi connectivity index (χ3v) is 8.63. The van der Waals surface area contributed by atoms with Crippen LogP contribution in [0.25, 0.3) is 10.8 Å². The molecule has 0 fully saturated rings. The molecule has 0 aliphatic rings. The number of aromatic carboxylic acids is 1. The van der Waals surface area contributed by atoms with Gasteiger partial charge in [-0.05, 0) is 53.9 Å². The van der Waals surface area contributed by atoms with Crippen molar-refractivity contribution in [1.82, 2.24) is 0 Å². The van der Waals surface area contributed by atoms with Crippen molar-refractivity contribution < 1.29 is 60.4 Å². The number of carboxylic acid groups (broad SMARTS) is 1. The number of phenols is 2. The second-order valence-electron chi connectivity index (χ2n) is 8.62. The minimum Gasteiger partial charge on any atom is -0.505 e. The molecule has 230 valence electrons. The lowest BCUT2D eigenvalue weighted by Gasteiger charge is -2.13. The van der Waals surface area contributed by atoms with Crippen molar-refractivity contribution in [3.63, 3.8) is 0 Å². The molecule has 44 heavy (non-hydrogen) atoms. The van der Waals surface area contributed by atoms with Crippen molar-refractivity contribution in [1.29, 1.82) is 0 Å². The summed E-state index contributed by atoms with van der Waals surface area (Å²) < 4.78 is 80.2. The topological polar surface area (TPSA) is 293 Å². The van der Waals surface area contributed by atoms with Crippen LogP contribution in [0.1, 0.15) is 10.4 Å². The van der Waals surface area contributed by atoms with Crippen LogP contribution in [0, 0.1) is 0 Å². The summed E-state index contributed by atoms with van der Waals surface area (Å²) in [6, 6.07) is 8.93. The Morgan fingerprint density at radius 3 is 1.82 bits per heavy atom. The Kier molecular flexibility index (Phi) is 8.62. The Morgan fingerprint density at radius 2 is 1.32 bits per heavy atom. The van der Waals surface area contributed by atoms with Gasteiger partial charge in [-0.15, -0.1) is 15.3 Å². The summed E-state index contributed by atoms with van der Waals surface area (Å²) >= 11 is 5.78. The summed E-state index contributed by atoms with van der Waals surface area (Å²) in [5.41, 5.74) is -2.96. The molecule has 0 saturated carbocycles. The number of rotatable bonds is 8. The van der Waals surface area contributed by atoms with Gasteiger partial charge in [-0.25, -0.2) is 4.79 Å². The first kappa shape index (κ1) is 32.6. The second kappa shape index (κ2) is 11.6. The van der Waals surface area contributed by atoms with Crippen LogP contribution < -0.4 is 5.30 Å². The number of fused-ring (bicyclic) bond motifs is 1. The van der Waals surface area contributed by atoms with Gasteiger partial charge in [-0.1, -0.05) is 17.7 Å². The first-order valence-electron chi connectivity index (χ1n) is 11.3. The van der Waals surface area contributed by atoms with Gasteiger partial charge < -0.3 is 25.1 Å². The van der Waals surface area contributed by atoms with E-state index in [2.05, 4.69) is 20.5 Å². The van der Waals surface area contributed by atoms with Gasteiger partial charge in [0.05, 0.1) is 21.9 Å². The number of azo groups is 2. The summed E-state index contributed by atoms with van der Waals surface area (Å²) in [6.07, 6.45) is 0. The van der Waals surface area contributed by atoms with Crippen LogP contribution in [0.15, 0.2) is 84.8 Å². The van der Waals surface area contributed by atoms with Crippen LogP contribution in [0.5, 0.6) is 11.5 Å². The summed E-state index contributed by atoms with van der Waals surface area (Å²) in [6.45, 7) is 0. The minimum atomic E-state index is -5.30. The molecular formula is C23H16ClN4O13PS2. The van der Waals surface area contributed by atoms with E-state index in [0.29, 0.717) is 12.1 Å². The Labute approximate surface area is 251 Å². The van der Waals surface area contributed by atoms with Gasteiger partial charge in [0, 0.05) is 5.02 Å². The number of phenolic OH excluding ortho intramolecular Hbond substituents is 2. The third-order valence-electron chi connectivity index (χ3n) is 5.67. The van der Waals surface area contributed by atoms with Gasteiger partial charge >= 0.3 is 13.6 Å². The molecule has 0 heterocycles. The minimum absolute atomic E-state index is 0.106. The van der Waals surface area contributed by atoms with E-state index in [4.69, 9.17) is 16.7 Å². The van der Waals surface area contributed by atoms with Gasteiger partial charge in [-0.3, -0.25) is 13.7 Å². The Hall–Kier alpha value is -4.33. The zero-order valence-corrected chi connectivity index (χ0v) is 24.5. The fourth-order valence-corrected chi connectivity index (χ4v) is 6.06. The van der Waals surface area contributed by atoms with Crippen LogP contribution in [0.4, 0.5) is 22.7 Å². The normalized spacial score (nSPS) is 12.8. The number of aromatic hydroxyl groups is 2. The fourth-order valence-electron chi connectivity index (χ4n) is 3.77. The predicted molar refractivity (Wildman–Crippen MR) is 152 cm³/mol. The molecule has 17 nitrogen and oxygen atoms in total. The number of halogens is 1. The molecule has 0 bridgehead atoms. The molecule has 0 aliphatic heterocycles. The summed E-state index contributed by atoms with van der Waals surface area (Å²) in [7, 11) is -15.6. The Morgan fingerprint density at radius 1 is 0.773 bits per heavy atom. The van der Waals surface area contributed by atoms with E-state index in [1.165, 1.54) is 18.2 Å². The molecule has 0 saturated heterocycles. The first-order chi connectivity index (χ1) is 20.3. The molecular weight excluding hydrogens is 671 g/mol. The van der Waals surface area contributed by atoms with Crippen LogP contribution in [-0.2, 0) is 24.8 Å². The van der Waals surface area contributed by atoms with Gasteiger partial charge in [0.15, 0.2) is 11.5 Å². The molecule has 0 spiro atoms. The van der Waals surface area contributed by atoms with Crippen molar-refractivity contribution in [3.8, 4) is 11.5 Å². The van der Waals surface area contributed by atoms with Crippen molar-refractivity contribution in [2.75, 3.05) is 0 Å². The Bertz CT molecular complexity index is 2200. The van der Waals surface area contributed by atoms with Crippen LogP contribution in [-0.4, -0.2) is 57.0 Å². The fraction of sp³-hybridized carbons (Fsp3) is 0. The van der Waals surface area contributed by atoms with E-state index in [-0.39, 0.29) is 16.3 Å². The van der Waals surface area contributed by atoms with Crippen molar-refractivity contribution in [2.24, 2.45) is 20.5 Å². The van der Waals surface area contributed by atoms with E-state index in [0.717, 1.165) is 24.3 Å². The van der Waals surface area contributed by atoms with Crippen molar-refractivity contribution >= 4 is 84.2 Å². The number of hydrogen-bond acceptors (Lipinski definition) is 12. The molecule has 21 heteroatoms. The van der Waals surface area contributed by atoms with E-state index >= 15 is 0 Å². The summed E-state index contributed by atoms with van der Waals surface area (Å²) in [5.74, 6) is -3.78. The number of nitrogens with zero attached hydrogens (tertiary/aromatic N) is 4. The lowest BCUT2D eigenvalue weighted by molar-refractivity contribution is 0.0696. The highest BCUT2D eigenvalue weighted by Gasteiger charge is 2.29. The van der Waals surface area contributed by atoms with Gasteiger partial charge in [-0.2, -0.15) is 21.9 Å². The quantitative estimate of drug-likeness (QED) is 0.0750. The smallest absolute Gasteiger partial charge is 0.358 e. The highest BCUT2D eigenvalue weighted by Crippen LogP contribution is 2.50. The molecule has 0 radical (unpaired) electrons. The molecule has 0 unspecified atom stereocenters. The molecule has 0 aromatic heterocycles. The number of benzene rings is 4. The number of hydrogen-bond donors (Lipinski definition) is 7. The zero-order valence-electron chi connectivity index (χ0n) is 21.2. The average Bonchev–Trinajstić information content (AvgIpc) is 2.90. The summed E-state index contributed by atoms with van der Waals surface area (Å²) in [5, 5.41) is 43.3. The number of carboxylic acids is 1. The van der Waals surface area contributed by atoms with Gasteiger partial charge in [0.2, 0.25) is 0 Å². The molecule has 0 atom stereocenters. The van der Waals surface area contributed by atoms with E-state index in [1.807, 2.05) is 0 Å². The standard InChI is InChI=1S/C23H16ClN4O13PS2/c24-12-4-5-14(15(9-12)42(33,34)35)26-28-20-17(44(39,40)41)8-11-7-16(43(36,37)38)19(21(29)18(11)22(20)30)27-25-13-3-1-2-10(6-13)23(31)32/h1-9,29-30H,(H,31,32)(H2,33,34,35)(H,36,37,38)(H,39,40,41). The largest absolute Gasteiger partial charge is 0.505 e. The Balaban J connectivity index is 2.03. The van der Waals surface area contributed by atoms with Crippen LogP contribution in [0.2, 0.25) is 5.02 Å². The van der Waals surface area contributed by atoms with Gasteiger partial charge in [0.1, 0.15) is 26.9 Å². The van der Waals surface area contributed by atoms with E-state index in [9.17, 15) is 55.3 Å². The molecule has 0 aliphatic carbocycles. The second-order valence-corrected chi connectivity index (χ2v) is 13.4. The van der Waals surface area contributed by atoms with E-state index < -0.39 is 88.2 Å². The highest BCUT2D eigenvalue weighted by molar-refractivity contribution is 7.86. The van der Waals surface area contributed by atoms with Crippen molar-refractivity contribution in [2.45, 2.75) is 9.79 Å². The lowest BCUT2D eigenvalue weighted by Crippen LogP contribution is -2.04. The summed E-state index contributed by atoms with van der Waals surface area (Å²) in [4.78, 5) is 28.1. The zero-order chi connectivity index (χ0) is 32.8. The van der Waals surface area contributed by atoms with Crippen LogP contribution >= 0.6 is 19.2 Å². The molecule has 7 N–H and O–H groups in total. The molecule has 4 aromatic carbocycles. The number of carbonyl (C=O) groups is 1.